The summed E-state index contributed by atoms with van der Waals surface area (Å²) in [5, 5.41) is 9.82. The van der Waals surface area contributed by atoms with Gasteiger partial charge in [-0.2, -0.15) is 0 Å². The van der Waals surface area contributed by atoms with E-state index < -0.39 is 5.76 Å². The van der Waals surface area contributed by atoms with Gasteiger partial charge < -0.3 is 19.3 Å². The predicted molar refractivity (Wildman–Crippen MR) is 96.2 cm³/mol. The monoisotopic (exact) mass is 337 g/mol. The highest BCUT2D eigenvalue weighted by molar-refractivity contribution is 5.55. The third-order valence-electron chi connectivity index (χ3n) is 4.53. The van der Waals surface area contributed by atoms with Crippen molar-refractivity contribution >= 4 is 11.4 Å². The Morgan fingerprint density at radius 1 is 1.04 bits per heavy atom. The van der Waals surface area contributed by atoms with Crippen LogP contribution in [0, 0.1) is 0 Å². The van der Waals surface area contributed by atoms with E-state index in [4.69, 9.17) is 4.42 Å². The maximum absolute atomic E-state index is 11.5. The zero-order chi connectivity index (χ0) is 17.2. The molecule has 1 unspecified atom stereocenters. The van der Waals surface area contributed by atoms with Crippen LogP contribution in [0.4, 0.5) is 11.4 Å². The van der Waals surface area contributed by atoms with Crippen LogP contribution in [0.2, 0.25) is 0 Å². The van der Waals surface area contributed by atoms with Crippen molar-refractivity contribution in [2.75, 3.05) is 29.4 Å². The second-order valence-electron chi connectivity index (χ2n) is 6.09. The van der Waals surface area contributed by atoms with Gasteiger partial charge in [0.25, 0.3) is 0 Å². The van der Waals surface area contributed by atoms with E-state index in [1.165, 1.54) is 0 Å². The van der Waals surface area contributed by atoms with Gasteiger partial charge in [0.2, 0.25) is 0 Å². The van der Waals surface area contributed by atoms with Crippen LogP contribution in [0.25, 0.3) is 0 Å². The number of phenolic OH excluding ortho intramolecular Hbond substituents is 1. The van der Waals surface area contributed by atoms with Crippen LogP contribution in [-0.2, 0) is 0 Å². The van der Waals surface area contributed by atoms with Gasteiger partial charge in [-0.15, -0.1) is 0 Å². The number of oxazole rings is 1. The fraction of sp³-hybridized carbons (Fsp3) is 0.211. The summed E-state index contributed by atoms with van der Waals surface area (Å²) in [6.45, 7) is 2.27. The van der Waals surface area contributed by atoms with E-state index in [-0.39, 0.29) is 11.8 Å². The zero-order valence-electron chi connectivity index (χ0n) is 13.6. The lowest BCUT2D eigenvalue weighted by Gasteiger charge is -2.42. The van der Waals surface area contributed by atoms with Crippen molar-refractivity contribution in [2.45, 2.75) is 6.04 Å². The van der Waals surface area contributed by atoms with Crippen molar-refractivity contribution in [3.8, 4) is 5.75 Å². The van der Waals surface area contributed by atoms with Crippen molar-refractivity contribution in [3.05, 3.63) is 77.1 Å². The van der Waals surface area contributed by atoms with Gasteiger partial charge in [0.1, 0.15) is 17.6 Å². The van der Waals surface area contributed by atoms with Crippen molar-refractivity contribution < 1.29 is 9.52 Å². The first kappa shape index (κ1) is 15.4. The Bertz CT molecular complexity index is 903. The molecule has 1 fully saturated rings. The third-order valence-corrected chi connectivity index (χ3v) is 4.53. The molecule has 128 valence electrons. The summed E-state index contributed by atoms with van der Waals surface area (Å²) < 4.78 is 5.35. The van der Waals surface area contributed by atoms with Crippen molar-refractivity contribution in [3.63, 3.8) is 0 Å². The van der Waals surface area contributed by atoms with E-state index in [0.29, 0.717) is 12.3 Å². The predicted octanol–water partition coefficient (Wildman–Crippen LogP) is 2.74. The molecule has 2 N–H and O–H groups in total. The molecule has 1 aliphatic heterocycles. The summed E-state index contributed by atoms with van der Waals surface area (Å²) in [4.78, 5) is 18.5. The summed E-state index contributed by atoms with van der Waals surface area (Å²) in [5.74, 6) is 0.355. The number of hydrogen-bond donors (Lipinski definition) is 2. The first-order valence-corrected chi connectivity index (χ1v) is 8.25. The molecule has 0 aliphatic carbocycles. The molecule has 2 aromatic carbocycles. The van der Waals surface area contributed by atoms with E-state index >= 15 is 0 Å². The van der Waals surface area contributed by atoms with E-state index in [0.717, 1.165) is 24.5 Å². The number of aromatic hydroxyl groups is 1. The number of aromatic amines is 1. The molecule has 6 heteroatoms. The molecule has 4 rings (SSSR count). The second-order valence-corrected chi connectivity index (χ2v) is 6.09. The fourth-order valence-corrected chi connectivity index (χ4v) is 3.34. The maximum atomic E-state index is 11.5. The molecule has 0 spiro atoms. The second kappa shape index (κ2) is 6.39. The van der Waals surface area contributed by atoms with Gasteiger partial charge in [0.15, 0.2) is 0 Å². The maximum Gasteiger partial charge on any atom is 0.416 e. The first-order valence-electron chi connectivity index (χ1n) is 8.25. The third kappa shape index (κ3) is 3.10. The van der Waals surface area contributed by atoms with Gasteiger partial charge in [0.05, 0.1) is 0 Å². The molecule has 0 saturated carbocycles. The van der Waals surface area contributed by atoms with Crippen LogP contribution in [0.1, 0.15) is 11.8 Å². The minimum Gasteiger partial charge on any atom is -0.508 e. The topological polar surface area (TPSA) is 72.7 Å². The number of phenols is 1. The van der Waals surface area contributed by atoms with Crippen molar-refractivity contribution in [1.29, 1.82) is 0 Å². The molecule has 1 saturated heterocycles. The SMILES string of the molecule is O=c1[nH]cc(C2CN(c3ccccc3)CCN2c2cccc(O)c2)o1. The van der Waals surface area contributed by atoms with Gasteiger partial charge >= 0.3 is 5.76 Å². The standard InChI is InChI=1S/C19H19N3O3/c23-16-8-4-7-15(11-16)22-10-9-21(14-5-2-1-3-6-14)13-17(22)18-12-20-19(24)25-18/h1-8,11-12,17,23H,9-10,13H2,(H,20,24). The number of anilines is 2. The molecule has 1 aliphatic rings. The molecular weight excluding hydrogens is 318 g/mol. The highest BCUT2D eigenvalue weighted by Crippen LogP contribution is 2.33. The summed E-state index contributed by atoms with van der Waals surface area (Å²) >= 11 is 0. The molecule has 0 bridgehead atoms. The first-order chi connectivity index (χ1) is 12.2. The van der Waals surface area contributed by atoms with E-state index in [1.807, 2.05) is 30.3 Å². The van der Waals surface area contributed by atoms with E-state index in [2.05, 4.69) is 26.9 Å². The normalized spacial score (nSPS) is 17.7. The number of nitrogens with one attached hydrogen (secondary N) is 1. The Hall–Kier alpha value is -3.15. The Balaban J connectivity index is 1.69. The van der Waals surface area contributed by atoms with Crippen LogP contribution < -0.4 is 15.6 Å². The van der Waals surface area contributed by atoms with Gasteiger partial charge in [-0.25, -0.2) is 4.79 Å². The summed E-state index contributed by atoms with van der Waals surface area (Å²) in [6.07, 6.45) is 1.62. The summed E-state index contributed by atoms with van der Waals surface area (Å²) in [6, 6.07) is 17.2. The van der Waals surface area contributed by atoms with Crippen LogP contribution in [0.3, 0.4) is 0 Å². The Labute approximate surface area is 144 Å². The lowest BCUT2D eigenvalue weighted by atomic mass is 10.1. The van der Waals surface area contributed by atoms with Gasteiger partial charge in [-0.3, -0.25) is 4.98 Å². The van der Waals surface area contributed by atoms with Crippen LogP contribution in [-0.4, -0.2) is 29.7 Å². The Morgan fingerprint density at radius 2 is 1.84 bits per heavy atom. The molecule has 0 amide bonds. The molecule has 25 heavy (non-hydrogen) atoms. The highest BCUT2D eigenvalue weighted by atomic mass is 16.4. The average Bonchev–Trinajstić information content (AvgIpc) is 3.08. The lowest BCUT2D eigenvalue weighted by molar-refractivity contribution is 0.404. The Kier molecular flexibility index (Phi) is 3.93. The molecular formula is C19H19N3O3. The number of piperazine rings is 1. The molecule has 1 atom stereocenters. The highest BCUT2D eigenvalue weighted by Gasteiger charge is 2.31. The largest absolute Gasteiger partial charge is 0.508 e. The number of aromatic nitrogens is 1. The lowest BCUT2D eigenvalue weighted by Crippen LogP contribution is -2.48. The fourth-order valence-electron chi connectivity index (χ4n) is 3.34. The summed E-state index contributed by atoms with van der Waals surface area (Å²) in [5.41, 5.74) is 2.04. The number of H-pyrrole nitrogens is 1. The molecule has 2 heterocycles. The van der Waals surface area contributed by atoms with Gasteiger partial charge in [0, 0.05) is 43.3 Å². The van der Waals surface area contributed by atoms with Gasteiger partial charge in [-0.1, -0.05) is 24.3 Å². The van der Waals surface area contributed by atoms with E-state index in [1.54, 1.807) is 18.3 Å². The van der Waals surface area contributed by atoms with Gasteiger partial charge in [-0.05, 0) is 24.3 Å². The number of hydrogen-bond acceptors (Lipinski definition) is 5. The number of para-hydroxylation sites is 1. The smallest absolute Gasteiger partial charge is 0.416 e. The quantitative estimate of drug-likeness (QED) is 0.769. The molecule has 0 radical (unpaired) electrons. The van der Waals surface area contributed by atoms with Crippen molar-refractivity contribution in [2.24, 2.45) is 0 Å². The number of rotatable bonds is 3. The van der Waals surface area contributed by atoms with Crippen LogP contribution in [0.5, 0.6) is 5.75 Å². The minimum atomic E-state index is -0.456. The minimum absolute atomic E-state index is 0.130. The number of benzene rings is 2. The summed E-state index contributed by atoms with van der Waals surface area (Å²) in [7, 11) is 0. The zero-order valence-corrected chi connectivity index (χ0v) is 13.6. The molecule has 3 aromatic rings. The van der Waals surface area contributed by atoms with Crippen LogP contribution >= 0.6 is 0 Å². The van der Waals surface area contributed by atoms with E-state index in [9.17, 15) is 9.90 Å². The molecule has 1 aromatic heterocycles. The number of nitrogens with zero attached hydrogens (tertiary/aromatic N) is 2. The van der Waals surface area contributed by atoms with Crippen molar-refractivity contribution in [1.82, 2.24) is 4.98 Å². The molecule has 6 nitrogen and oxygen atoms in total. The Morgan fingerprint density at radius 3 is 2.56 bits per heavy atom. The van der Waals surface area contributed by atoms with Crippen LogP contribution in [0.15, 0.2) is 70.0 Å². The average molecular weight is 337 g/mol.